The molecule has 55 heavy (non-hydrogen) atoms. The molecule has 16 heteroatoms. The normalized spacial score (nSPS) is 21.8. The second-order valence-corrected chi connectivity index (χ2v) is 14.9. The summed E-state index contributed by atoms with van der Waals surface area (Å²) in [7, 11) is 0. The third-order valence-corrected chi connectivity index (χ3v) is 11.0. The molecule has 2 aromatic carbocycles. The Morgan fingerprint density at radius 1 is 0.600 bits per heavy atom. The topological polar surface area (TPSA) is 138 Å². The number of aromatic amines is 2. The van der Waals surface area contributed by atoms with Gasteiger partial charge in [0.25, 0.3) is 0 Å². The average Bonchev–Trinajstić information content (AvgIpc) is 4.02. The molecular formula is C39H20Cl8N6O2. The number of carbonyl (C=O) groups excluding carboxylic acids is 2. The van der Waals surface area contributed by atoms with Gasteiger partial charge in [-0.25, -0.2) is 0 Å². The predicted octanol–water partition coefficient (Wildman–Crippen LogP) is 11.2. The number of carbonyl (C=O) groups is 2. The number of H-pyrrole nitrogens is 2. The minimum atomic E-state index is -2.61. The summed E-state index contributed by atoms with van der Waals surface area (Å²) in [6, 6.07) is 20.0. The molecule has 2 N–H and O–H groups in total. The van der Waals surface area contributed by atoms with E-state index in [1.165, 1.54) is 12.1 Å². The number of aliphatic imine (C=N–C) groups is 2. The summed E-state index contributed by atoms with van der Waals surface area (Å²) in [5.41, 5.74) is -2.23. The summed E-state index contributed by atoms with van der Waals surface area (Å²) >= 11 is 49.0. The molecule has 0 amide bonds. The van der Waals surface area contributed by atoms with Crippen LogP contribution < -0.4 is 0 Å². The Labute approximate surface area is 354 Å². The van der Waals surface area contributed by atoms with Crippen molar-refractivity contribution in [1.29, 1.82) is 10.5 Å². The van der Waals surface area contributed by atoms with Crippen molar-refractivity contribution in [3.63, 3.8) is 0 Å². The molecule has 1 aliphatic carbocycles. The summed E-state index contributed by atoms with van der Waals surface area (Å²) in [4.78, 5) is 44.1. The van der Waals surface area contributed by atoms with Gasteiger partial charge in [0.2, 0.25) is 11.6 Å². The van der Waals surface area contributed by atoms with Crippen LogP contribution in [0.25, 0.3) is 11.1 Å². The third kappa shape index (κ3) is 6.61. The number of alkyl halides is 2. The first kappa shape index (κ1) is 40.3. The zero-order chi connectivity index (χ0) is 39.7. The van der Waals surface area contributed by atoms with E-state index in [0.717, 1.165) is 0 Å². The van der Waals surface area contributed by atoms with Crippen LogP contribution in [-0.2, 0) is 20.4 Å². The molecule has 0 saturated carbocycles. The number of ketones is 2. The molecule has 2 aromatic heterocycles. The first-order valence-electron chi connectivity index (χ1n) is 15.7. The van der Waals surface area contributed by atoms with E-state index < -0.39 is 32.5 Å². The van der Waals surface area contributed by atoms with Crippen LogP contribution in [0.15, 0.2) is 116 Å². The molecular weight excluding hydrogens is 868 g/mol. The lowest BCUT2D eigenvalue weighted by atomic mass is 9.55. The van der Waals surface area contributed by atoms with Gasteiger partial charge < -0.3 is 9.97 Å². The van der Waals surface area contributed by atoms with Crippen molar-refractivity contribution in [2.75, 3.05) is 5.34 Å². The monoisotopic (exact) mass is 884 g/mol. The van der Waals surface area contributed by atoms with Gasteiger partial charge in [0.1, 0.15) is 10.1 Å². The Kier molecular flexibility index (Phi) is 12.0. The lowest BCUT2D eigenvalue weighted by Gasteiger charge is -2.41. The summed E-state index contributed by atoms with van der Waals surface area (Å²) in [5, 5.41) is 22.2. The summed E-state index contributed by atoms with van der Waals surface area (Å²) < 4.78 is 0. The van der Waals surface area contributed by atoms with Gasteiger partial charge in [0.05, 0.1) is 49.0 Å². The maximum Gasteiger partial charge on any atom is 0.204 e. The zero-order valence-corrected chi connectivity index (χ0v) is 33.6. The van der Waals surface area contributed by atoms with Gasteiger partial charge >= 0.3 is 0 Å². The summed E-state index contributed by atoms with van der Waals surface area (Å²) in [5.74, 6) is -2.15. The highest BCUT2D eigenvalue weighted by Crippen LogP contribution is 2.53. The van der Waals surface area contributed by atoms with Gasteiger partial charge in [-0.3, -0.25) is 19.6 Å². The Bertz CT molecular complexity index is 2350. The largest absolute Gasteiger partial charge is 0.357 e. The van der Waals surface area contributed by atoms with Crippen LogP contribution in [0.1, 0.15) is 33.9 Å². The predicted molar refractivity (Wildman–Crippen MR) is 222 cm³/mol. The van der Waals surface area contributed by atoms with Gasteiger partial charge in [0, 0.05) is 57.5 Å². The Balaban J connectivity index is 0.00000166. The number of rotatable bonds is 6. The van der Waals surface area contributed by atoms with Crippen molar-refractivity contribution in [3.8, 4) is 12.1 Å². The van der Waals surface area contributed by atoms with Crippen molar-refractivity contribution >= 4 is 128 Å². The number of halogens is 8. The average molecular weight is 888 g/mol. The van der Waals surface area contributed by atoms with Crippen molar-refractivity contribution in [3.05, 3.63) is 160 Å². The van der Waals surface area contributed by atoms with E-state index in [0.29, 0.717) is 65.1 Å². The van der Waals surface area contributed by atoms with Gasteiger partial charge in [-0.2, -0.15) is 10.5 Å². The molecule has 0 fully saturated rings. The smallest absolute Gasteiger partial charge is 0.204 e. The second-order valence-electron chi connectivity index (χ2n) is 11.7. The van der Waals surface area contributed by atoms with Crippen molar-refractivity contribution in [1.82, 2.24) is 9.97 Å². The lowest BCUT2D eigenvalue weighted by Crippen LogP contribution is -2.60. The second kappa shape index (κ2) is 16.4. The molecule has 7 rings (SSSR count). The molecule has 0 unspecified atom stereocenters. The van der Waals surface area contributed by atoms with E-state index in [1.807, 2.05) is 12.1 Å². The molecule has 2 atom stereocenters. The lowest BCUT2D eigenvalue weighted by molar-refractivity contribution is -0.129. The number of Topliss-reactive ketones (excluding diaryl/α,β-unsaturated/α-hetero) is 2. The molecule has 4 aromatic rings. The van der Waals surface area contributed by atoms with E-state index >= 15 is 0 Å². The Hall–Kier alpha value is -4.32. The fourth-order valence-electron chi connectivity index (χ4n) is 6.60. The van der Waals surface area contributed by atoms with E-state index in [4.69, 9.17) is 92.8 Å². The van der Waals surface area contributed by atoms with Crippen molar-refractivity contribution in [2.45, 2.75) is 10.8 Å². The molecule has 0 spiro atoms. The third-order valence-electron chi connectivity index (χ3n) is 8.93. The van der Waals surface area contributed by atoms with E-state index in [9.17, 15) is 20.1 Å². The van der Waals surface area contributed by atoms with Crippen LogP contribution in [-0.4, -0.2) is 39.3 Å². The molecule has 8 nitrogen and oxygen atoms in total. The first-order valence-corrected chi connectivity index (χ1v) is 19.0. The number of benzene rings is 2. The molecule has 3 aliphatic rings. The number of allylic oxidation sites excluding steroid dienone is 6. The highest BCUT2D eigenvalue weighted by atomic mass is 35.5. The minimum Gasteiger partial charge on any atom is -0.357 e. The molecule has 2 aliphatic heterocycles. The van der Waals surface area contributed by atoms with Gasteiger partial charge in [0.15, 0.2) is 10.8 Å². The number of hydrogen-bond acceptors (Lipinski definition) is 6. The van der Waals surface area contributed by atoms with Crippen molar-refractivity contribution < 1.29 is 9.59 Å². The standard InChI is InChI=1S/C38H18Cl6N6O2.CH2Cl2/c39-19-5-1-6-20(40)29(19)31(23-9-3-15-47-23)25-11-13-27(49-25)37(17-45)35(51)33(43)34(44)36(52)38(37,18-46)28-14-12-26(50-28)32(24-10-4-16-48-24)30-21(41)7-2-8-22(30)42;2-1-3/h1-16,49-50H;1H2/b31-23+,32-24+;/t37-,38-;/m1./s1. The fraction of sp³-hybridized carbons (Fsp3) is 0.0769. The number of nitrogens with zero attached hydrogens (tertiary/aromatic N) is 4. The number of hydrogen-bond donors (Lipinski definition) is 2. The molecule has 4 heterocycles. The van der Waals surface area contributed by atoms with Crippen LogP contribution in [0.5, 0.6) is 0 Å². The fourth-order valence-corrected chi connectivity index (χ4v) is 8.23. The van der Waals surface area contributed by atoms with Gasteiger partial charge in [-0.1, -0.05) is 81.7 Å². The van der Waals surface area contributed by atoms with Crippen LogP contribution in [0, 0.1) is 22.7 Å². The minimum absolute atomic E-state index is 0.133. The summed E-state index contributed by atoms with van der Waals surface area (Å²) in [6.45, 7) is 0. The number of nitriles is 2. The van der Waals surface area contributed by atoms with Crippen molar-refractivity contribution in [2.24, 2.45) is 9.98 Å². The SMILES string of the molecule is ClCCl.N#C[C@@]1(c2ccc(/C(=C3/C=CC=N3)c3c(Cl)cccc3Cl)[nH]2)C(=O)C(Cl)=C(Cl)C(=O)[C@@]1(C#N)c1ccc(/C(=C2/C=CC=N2)c2c(Cl)cccc2Cl)[nH]1. The molecule has 0 saturated heterocycles. The molecule has 274 valence electrons. The van der Waals surface area contributed by atoms with Crippen LogP contribution in [0.4, 0.5) is 0 Å². The molecule has 0 radical (unpaired) electrons. The zero-order valence-electron chi connectivity index (χ0n) is 27.6. The van der Waals surface area contributed by atoms with E-state index in [-0.39, 0.29) is 16.7 Å². The quantitative estimate of drug-likeness (QED) is 0.186. The van der Waals surface area contributed by atoms with Crippen LogP contribution >= 0.6 is 92.8 Å². The highest BCUT2D eigenvalue weighted by Gasteiger charge is 2.69. The van der Waals surface area contributed by atoms with Gasteiger partial charge in [-0.15, -0.1) is 23.2 Å². The maximum atomic E-state index is 14.5. The number of nitrogens with one attached hydrogen (secondary N) is 2. The van der Waals surface area contributed by atoms with Crippen LogP contribution in [0.3, 0.4) is 0 Å². The van der Waals surface area contributed by atoms with E-state index in [1.54, 1.807) is 85.3 Å². The maximum absolute atomic E-state index is 14.5. The van der Waals surface area contributed by atoms with Gasteiger partial charge in [-0.05, 0) is 72.8 Å². The Morgan fingerprint density at radius 2 is 0.945 bits per heavy atom. The van der Waals surface area contributed by atoms with E-state index in [2.05, 4.69) is 20.0 Å². The molecule has 0 bridgehead atoms. The first-order chi connectivity index (χ1) is 26.4. The van der Waals surface area contributed by atoms with Crippen LogP contribution in [0.2, 0.25) is 20.1 Å². The Morgan fingerprint density at radius 3 is 1.24 bits per heavy atom. The summed E-state index contributed by atoms with van der Waals surface area (Å²) in [6.07, 6.45) is 10.0. The highest BCUT2D eigenvalue weighted by molar-refractivity contribution is 6.58. The number of aromatic nitrogens is 2.